The molecule has 0 aliphatic carbocycles. The average molecular weight is 360 g/mol. The number of carbonyl (C=O) groups is 2. The number of Topliss-reactive ketones (excluding diaryl/α,β-unsaturated/α-hetero) is 1. The first kappa shape index (κ1) is 18.8. The molecule has 1 unspecified atom stereocenters. The molecule has 0 radical (unpaired) electrons. The minimum atomic E-state index is -0.781. The Balaban J connectivity index is 2.04. The van der Waals surface area contributed by atoms with Gasteiger partial charge in [-0.15, -0.1) is 0 Å². The average Bonchev–Trinajstić information content (AvgIpc) is 2.65. The van der Waals surface area contributed by atoms with Crippen molar-refractivity contribution in [3.05, 3.63) is 83.9 Å². The second kappa shape index (κ2) is 7.75. The van der Waals surface area contributed by atoms with Gasteiger partial charge in [0.25, 0.3) is 0 Å². The van der Waals surface area contributed by atoms with Crippen LogP contribution in [-0.4, -0.2) is 17.4 Å². The van der Waals surface area contributed by atoms with Crippen LogP contribution < -0.4 is 0 Å². The van der Waals surface area contributed by atoms with Crippen molar-refractivity contribution in [2.45, 2.75) is 38.7 Å². The molecule has 0 saturated heterocycles. The quantitative estimate of drug-likeness (QED) is 0.471. The van der Waals surface area contributed by atoms with Crippen LogP contribution in [0.15, 0.2) is 72.8 Å². The number of carbonyl (C=O) groups excluding carboxylic acids is 2. The predicted octanol–water partition coefficient (Wildman–Crippen LogP) is 5.08. The standard InChI is InChI=1S/C24H24O3/c1-24(2,3)27-23(26)22(25)21(16-17-10-5-4-6-11-17)20-15-9-13-18-12-7-8-14-19(18)20/h4-15,21H,16H2,1-3H3. The van der Waals surface area contributed by atoms with Crippen molar-refractivity contribution in [3.8, 4) is 0 Å². The van der Waals surface area contributed by atoms with Crippen LogP contribution in [-0.2, 0) is 20.7 Å². The maximum absolute atomic E-state index is 13.1. The highest BCUT2D eigenvalue weighted by Gasteiger charge is 2.32. The molecule has 0 aromatic heterocycles. The monoisotopic (exact) mass is 360 g/mol. The highest BCUT2D eigenvalue weighted by atomic mass is 16.6. The zero-order valence-electron chi connectivity index (χ0n) is 15.9. The first-order valence-electron chi connectivity index (χ1n) is 9.14. The predicted molar refractivity (Wildman–Crippen MR) is 108 cm³/mol. The fraction of sp³-hybridized carbons (Fsp3) is 0.250. The summed E-state index contributed by atoms with van der Waals surface area (Å²) in [4.78, 5) is 25.6. The van der Waals surface area contributed by atoms with Crippen LogP contribution in [0.2, 0.25) is 0 Å². The Hall–Kier alpha value is -2.94. The lowest BCUT2D eigenvalue weighted by Crippen LogP contribution is -2.32. The maximum Gasteiger partial charge on any atom is 0.375 e. The molecule has 3 rings (SSSR count). The van der Waals surface area contributed by atoms with E-state index in [1.54, 1.807) is 20.8 Å². The number of ether oxygens (including phenoxy) is 1. The summed E-state index contributed by atoms with van der Waals surface area (Å²) in [7, 11) is 0. The molecule has 3 nitrogen and oxygen atoms in total. The van der Waals surface area contributed by atoms with Crippen molar-refractivity contribution in [2.24, 2.45) is 0 Å². The summed E-state index contributed by atoms with van der Waals surface area (Å²) in [5.74, 6) is -1.88. The van der Waals surface area contributed by atoms with Gasteiger partial charge in [0.05, 0.1) is 5.92 Å². The van der Waals surface area contributed by atoms with E-state index in [1.807, 2.05) is 72.8 Å². The lowest BCUT2D eigenvalue weighted by molar-refractivity contribution is -0.163. The van der Waals surface area contributed by atoms with Gasteiger partial charge >= 0.3 is 5.97 Å². The van der Waals surface area contributed by atoms with Crippen molar-refractivity contribution in [3.63, 3.8) is 0 Å². The van der Waals surface area contributed by atoms with Gasteiger partial charge in [-0.2, -0.15) is 0 Å². The highest BCUT2D eigenvalue weighted by Crippen LogP contribution is 2.30. The van der Waals surface area contributed by atoms with Crippen LogP contribution in [0, 0.1) is 0 Å². The van der Waals surface area contributed by atoms with Gasteiger partial charge in [0, 0.05) is 0 Å². The molecule has 0 spiro atoms. The molecule has 0 heterocycles. The number of hydrogen-bond acceptors (Lipinski definition) is 3. The van der Waals surface area contributed by atoms with E-state index in [2.05, 4.69) is 0 Å². The van der Waals surface area contributed by atoms with Gasteiger partial charge in [-0.25, -0.2) is 4.79 Å². The summed E-state index contributed by atoms with van der Waals surface area (Å²) in [5.41, 5.74) is 1.16. The molecule has 0 saturated carbocycles. The van der Waals surface area contributed by atoms with E-state index in [1.165, 1.54) is 0 Å². The summed E-state index contributed by atoms with van der Waals surface area (Å²) in [6.45, 7) is 5.30. The summed E-state index contributed by atoms with van der Waals surface area (Å²) in [6.07, 6.45) is 0.451. The van der Waals surface area contributed by atoms with Crippen LogP contribution in [0.3, 0.4) is 0 Å². The van der Waals surface area contributed by atoms with Gasteiger partial charge in [-0.05, 0) is 49.1 Å². The minimum absolute atomic E-state index is 0.451. The number of hydrogen-bond donors (Lipinski definition) is 0. The molecule has 0 bridgehead atoms. The number of rotatable bonds is 5. The zero-order valence-corrected chi connectivity index (χ0v) is 15.9. The van der Waals surface area contributed by atoms with Gasteiger partial charge in [0.15, 0.2) is 0 Å². The third-order valence-electron chi connectivity index (χ3n) is 4.40. The zero-order chi connectivity index (χ0) is 19.4. The van der Waals surface area contributed by atoms with E-state index in [9.17, 15) is 9.59 Å². The van der Waals surface area contributed by atoms with Crippen LogP contribution in [0.5, 0.6) is 0 Å². The second-order valence-corrected chi connectivity index (χ2v) is 7.68. The van der Waals surface area contributed by atoms with Crippen molar-refractivity contribution in [1.82, 2.24) is 0 Å². The third-order valence-corrected chi connectivity index (χ3v) is 4.40. The molecule has 138 valence electrons. The van der Waals surface area contributed by atoms with Crippen LogP contribution in [0.4, 0.5) is 0 Å². The molecule has 0 fully saturated rings. The van der Waals surface area contributed by atoms with E-state index < -0.39 is 23.3 Å². The first-order chi connectivity index (χ1) is 12.8. The summed E-state index contributed by atoms with van der Waals surface area (Å²) in [6, 6.07) is 23.5. The van der Waals surface area contributed by atoms with Gasteiger partial charge in [0.1, 0.15) is 5.60 Å². The Kier molecular flexibility index (Phi) is 5.41. The number of fused-ring (bicyclic) bond motifs is 1. The van der Waals surface area contributed by atoms with Gasteiger partial charge in [-0.3, -0.25) is 4.79 Å². The minimum Gasteiger partial charge on any atom is -0.454 e. The molecule has 0 N–H and O–H groups in total. The molecule has 3 heteroatoms. The lowest BCUT2D eigenvalue weighted by Gasteiger charge is -2.22. The topological polar surface area (TPSA) is 43.4 Å². The van der Waals surface area contributed by atoms with Crippen molar-refractivity contribution in [2.75, 3.05) is 0 Å². The number of esters is 1. The summed E-state index contributed by atoms with van der Waals surface area (Å²) >= 11 is 0. The molecule has 0 amide bonds. The van der Waals surface area contributed by atoms with Gasteiger partial charge in [-0.1, -0.05) is 72.8 Å². The van der Waals surface area contributed by atoms with Crippen molar-refractivity contribution < 1.29 is 14.3 Å². The maximum atomic E-state index is 13.1. The molecule has 3 aromatic rings. The normalized spacial score (nSPS) is 12.6. The van der Waals surface area contributed by atoms with E-state index in [0.29, 0.717) is 6.42 Å². The van der Waals surface area contributed by atoms with Crippen LogP contribution in [0.25, 0.3) is 10.8 Å². The smallest absolute Gasteiger partial charge is 0.375 e. The molecule has 3 aromatic carbocycles. The van der Waals surface area contributed by atoms with Gasteiger partial charge < -0.3 is 4.74 Å². The molecular weight excluding hydrogens is 336 g/mol. The van der Waals surface area contributed by atoms with E-state index >= 15 is 0 Å². The molecule has 0 aliphatic heterocycles. The Morgan fingerprint density at radius 1 is 0.852 bits per heavy atom. The van der Waals surface area contributed by atoms with Crippen molar-refractivity contribution >= 4 is 22.5 Å². The number of ketones is 1. The Bertz CT molecular complexity index is 947. The number of benzene rings is 3. The molecular formula is C24H24O3. The SMILES string of the molecule is CC(C)(C)OC(=O)C(=O)C(Cc1ccccc1)c1cccc2ccccc12. The van der Waals surface area contributed by atoms with Crippen molar-refractivity contribution in [1.29, 1.82) is 0 Å². The summed E-state index contributed by atoms with van der Waals surface area (Å²) in [5, 5.41) is 2.03. The lowest BCUT2D eigenvalue weighted by atomic mass is 9.85. The molecule has 0 aliphatic rings. The van der Waals surface area contributed by atoms with E-state index in [4.69, 9.17) is 4.74 Å². The van der Waals surface area contributed by atoms with E-state index in [-0.39, 0.29) is 0 Å². The van der Waals surface area contributed by atoms with Gasteiger partial charge in [0.2, 0.25) is 5.78 Å². The summed E-state index contributed by atoms with van der Waals surface area (Å²) < 4.78 is 5.36. The van der Waals surface area contributed by atoms with Crippen LogP contribution in [0.1, 0.15) is 37.8 Å². The fourth-order valence-electron chi connectivity index (χ4n) is 3.22. The molecule has 27 heavy (non-hydrogen) atoms. The Labute approximate surface area is 160 Å². The second-order valence-electron chi connectivity index (χ2n) is 7.68. The third kappa shape index (κ3) is 4.62. The molecule has 1 atom stereocenters. The first-order valence-corrected chi connectivity index (χ1v) is 9.14. The Morgan fingerprint density at radius 2 is 1.48 bits per heavy atom. The highest BCUT2D eigenvalue weighted by molar-refractivity contribution is 6.36. The fourth-order valence-corrected chi connectivity index (χ4v) is 3.22. The van der Waals surface area contributed by atoms with E-state index in [0.717, 1.165) is 21.9 Å². The Morgan fingerprint density at radius 3 is 2.19 bits per heavy atom. The van der Waals surface area contributed by atoms with Crippen LogP contribution >= 0.6 is 0 Å². The largest absolute Gasteiger partial charge is 0.454 e.